The fourth-order valence-corrected chi connectivity index (χ4v) is 5.02. The molecule has 21 heavy (non-hydrogen) atoms. The minimum atomic E-state index is -0.0796. The number of unbranched alkanes of at least 4 members (excludes halogenated alkanes) is 1. The van der Waals surface area contributed by atoms with Crippen LogP contribution in [0.15, 0.2) is 30.3 Å². The minimum Gasteiger partial charge on any atom is -0.469 e. The van der Waals surface area contributed by atoms with E-state index in [9.17, 15) is 4.79 Å². The second kappa shape index (κ2) is 6.84. The standard InChI is InChI=1S/C17H23NO2S/c1-20-16(19)10-6-5-9-15-17-14(12-21-15)18(17)11-13-7-3-2-4-8-13/h2-4,7-8,14-15,17H,5-6,9-12H2,1H3/t14-,15+,17-,18?/m0/s1. The highest BCUT2D eigenvalue weighted by molar-refractivity contribution is 8.00. The van der Waals surface area contributed by atoms with Crippen LogP contribution in [0, 0.1) is 0 Å². The summed E-state index contributed by atoms with van der Waals surface area (Å²) in [5.41, 5.74) is 1.42. The Morgan fingerprint density at radius 1 is 1.33 bits per heavy atom. The first-order valence-electron chi connectivity index (χ1n) is 7.77. The zero-order valence-electron chi connectivity index (χ0n) is 12.5. The normalized spacial score (nSPS) is 30.0. The summed E-state index contributed by atoms with van der Waals surface area (Å²) in [6.45, 7) is 1.09. The first kappa shape index (κ1) is 14.9. The molecular formula is C17H23NO2S. The Kier molecular flexibility index (Phi) is 4.86. The summed E-state index contributed by atoms with van der Waals surface area (Å²) in [7, 11) is 1.46. The van der Waals surface area contributed by atoms with Crippen molar-refractivity contribution in [2.45, 2.75) is 49.6 Å². The average molecular weight is 305 g/mol. The molecule has 2 aliphatic heterocycles. The largest absolute Gasteiger partial charge is 0.469 e. The van der Waals surface area contributed by atoms with Crippen LogP contribution >= 0.6 is 11.8 Å². The number of fused-ring (bicyclic) bond motifs is 1. The molecule has 0 bridgehead atoms. The summed E-state index contributed by atoms with van der Waals surface area (Å²) in [4.78, 5) is 13.7. The van der Waals surface area contributed by atoms with Gasteiger partial charge in [-0.2, -0.15) is 11.8 Å². The van der Waals surface area contributed by atoms with Crippen molar-refractivity contribution in [3.63, 3.8) is 0 Å². The van der Waals surface area contributed by atoms with Crippen molar-refractivity contribution >= 4 is 17.7 Å². The van der Waals surface area contributed by atoms with Gasteiger partial charge in [-0.15, -0.1) is 0 Å². The molecule has 3 nitrogen and oxygen atoms in total. The van der Waals surface area contributed by atoms with Gasteiger partial charge in [0, 0.05) is 36.1 Å². The van der Waals surface area contributed by atoms with E-state index in [0.29, 0.717) is 6.42 Å². The molecule has 0 spiro atoms. The Hall–Kier alpha value is -1.00. The average Bonchev–Trinajstić information content (AvgIpc) is 3.02. The smallest absolute Gasteiger partial charge is 0.305 e. The van der Waals surface area contributed by atoms with E-state index in [1.165, 1.54) is 24.8 Å². The van der Waals surface area contributed by atoms with Crippen molar-refractivity contribution in [1.29, 1.82) is 0 Å². The van der Waals surface area contributed by atoms with Gasteiger partial charge >= 0.3 is 5.97 Å². The van der Waals surface area contributed by atoms with Crippen molar-refractivity contribution in [3.8, 4) is 0 Å². The number of carbonyl (C=O) groups excluding carboxylic acids is 1. The van der Waals surface area contributed by atoms with Crippen LogP contribution in [0.2, 0.25) is 0 Å². The Morgan fingerprint density at radius 2 is 2.14 bits per heavy atom. The summed E-state index contributed by atoms with van der Waals surface area (Å²) < 4.78 is 4.68. The first-order valence-corrected chi connectivity index (χ1v) is 8.82. The summed E-state index contributed by atoms with van der Waals surface area (Å²) in [5.74, 6) is 1.20. The zero-order chi connectivity index (χ0) is 14.7. The van der Waals surface area contributed by atoms with Crippen molar-refractivity contribution in [3.05, 3.63) is 35.9 Å². The highest BCUT2D eigenvalue weighted by Gasteiger charge is 2.55. The number of nitrogens with zero attached hydrogens (tertiary/aromatic N) is 1. The summed E-state index contributed by atoms with van der Waals surface area (Å²) in [6.07, 6.45) is 3.89. The lowest BCUT2D eigenvalue weighted by Gasteiger charge is -2.15. The van der Waals surface area contributed by atoms with Gasteiger partial charge in [0.1, 0.15) is 0 Å². The van der Waals surface area contributed by atoms with Crippen LogP contribution < -0.4 is 0 Å². The molecule has 3 rings (SSSR count). The van der Waals surface area contributed by atoms with Crippen LogP contribution in [-0.2, 0) is 16.1 Å². The molecule has 2 saturated heterocycles. The minimum absolute atomic E-state index is 0.0796. The summed E-state index contributed by atoms with van der Waals surface area (Å²) >= 11 is 2.12. The van der Waals surface area contributed by atoms with Gasteiger partial charge < -0.3 is 4.74 Å². The lowest BCUT2D eigenvalue weighted by atomic mass is 10.1. The molecule has 114 valence electrons. The van der Waals surface area contributed by atoms with Crippen LogP contribution in [-0.4, -0.2) is 41.1 Å². The lowest BCUT2D eigenvalue weighted by Crippen LogP contribution is -2.16. The maximum atomic E-state index is 11.1. The molecule has 1 aromatic carbocycles. The fourth-order valence-electron chi connectivity index (χ4n) is 3.32. The van der Waals surface area contributed by atoms with Crippen LogP contribution in [0.3, 0.4) is 0 Å². The summed E-state index contributed by atoms with van der Waals surface area (Å²) in [6, 6.07) is 12.3. The predicted molar refractivity (Wildman–Crippen MR) is 86.3 cm³/mol. The number of methoxy groups -OCH3 is 1. The molecule has 0 aromatic heterocycles. The molecule has 1 aromatic rings. The van der Waals surface area contributed by atoms with E-state index in [2.05, 4.69) is 51.7 Å². The van der Waals surface area contributed by atoms with Gasteiger partial charge in [0.15, 0.2) is 0 Å². The molecule has 2 aliphatic rings. The number of benzene rings is 1. The summed E-state index contributed by atoms with van der Waals surface area (Å²) in [5, 5.41) is 0.761. The third-order valence-electron chi connectivity index (χ3n) is 4.53. The zero-order valence-corrected chi connectivity index (χ0v) is 13.3. The quantitative estimate of drug-likeness (QED) is 0.440. The molecule has 2 fully saturated rings. The number of ether oxygens (including phenoxy) is 1. The predicted octanol–water partition coefficient (Wildman–Crippen LogP) is 3.09. The van der Waals surface area contributed by atoms with Crippen LogP contribution in [0.1, 0.15) is 31.2 Å². The van der Waals surface area contributed by atoms with Gasteiger partial charge in [-0.1, -0.05) is 36.8 Å². The van der Waals surface area contributed by atoms with Gasteiger partial charge in [0.2, 0.25) is 0 Å². The number of hydrogen-bond donors (Lipinski definition) is 0. The van der Waals surface area contributed by atoms with Gasteiger partial charge in [0.25, 0.3) is 0 Å². The van der Waals surface area contributed by atoms with E-state index < -0.39 is 0 Å². The maximum Gasteiger partial charge on any atom is 0.305 e. The Balaban J connectivity index is 1.40. The van der Waals surface area contributed by atoms with E-state index in [-0.39, 0.29) is 5.97 Å². The van der Waals surface area contributed by atoms with E-state index in [0.717, 1.165) is 36.7 Å². The van der Waals surface area contributed by atoms with E-state index in [1.807, 2.05) is 0 Å². The van der Waals surface area contributed by atoms with Crippen molar-refractivity contribution in [2.75, 3.05) is 12.9 Å². The third kappa shape index (κ3) is 3.61. The van der Waals surface area contributed by atoms with Crippen LogP contribution in [0.5, 0.6) is 0 Å². The van der Waals surface area contributed by atoms with E-state index in [4.69, 9.17) is 0 Å². The van der Waals surface area contributed by atoms with Crippen molar-refractivity contribution in [1.82, 2.24) is 4.90 Å². The molecule has 0 saturated carbocycles. The molecule has 4 heteroatoms. The number of rotatable bonds is 7. The Labute approximate surface area is 131 Å². The highest BCUT2D eigenvalue weighted by atomic mass is 32.2. The monoisotopic (exact) mass is 305 g/mol. The number of thioether (sulfide) groups is 1. The first-order chi connectivity index (χ1) is 10.3. The van der Waals surface area contributed by atoms with Crippen molar-refractivity contribution in [2.24, 2.45) is 0 Å². The second-order valence-electron chi connectivity index (χ2n) is 5.91. The molecule has 4 atom stereocenters. The third-order valence-corrected chi connectivity index (χ3v) is 6.01. The van der Waals surface area contributed by atoms with Gasteiger partial charge in [-0.25, -0.2) is 0 Å². The SMILES string of the molecule is COC(=O)CCCC[C@H]1SC[C@H]2[C@@H]1N2Cc1ccccc1. The highest BCUT2D eigenvalue weighted by Crippen LogP contribution is 2.48. The molecule has 0 amide bonds. The van der Waals surface area contributed by atoms with Crippen LogP contribution in [0.4, 0.5) is 0 Å². The lowest BCUT2D eigenvalue weighted by molar-refractivity contribution is -0.140. The molecule has 0 N–H and O–H groups in total. The topological polar surface area (TPSA) is 29.3 Å². The molecule has 0 aliphatic carbocycles. The Bertz CT molecular complexity index is 479. The van der Waals surface area contributed by atoms with E-state index in [1.54, 1.807) is 0 Å². The second-order valence-corrected chi connectivity index (χ2v) is 7.18. The number of carbonyl (C=O) groups is 1. The van der Waals surface area contributed by atoms with Gasteiger partial charge in [-0.3, -0.25) is 9.69 Å². The molecule has 2 heterocycles. The van der Waals surface area contributed by atoms with Crippen molar-refractivity contribution < 1.29 is 9.53 Å². The molecule has 0 radical (unpaired) electrons. The maximum absolute atomic E-state index is 11.1. The van der Waals surface area contributed by atoms with Gasteiger partial charge in [0.05, 0.1) is 7.11 Å². The van der Waals surface area contributed by atoms with E-state index >= 15 is 0 Å². The van der Waals surface area contributed by atoms with Gasteiger partial charge in [-0.05, 0) is 18.4 Å². The number of esters is 1. The number of hydrogen-bond acceptors (Lipinski definition) is 4. The van der Waals surface area contributed by atoms with Crippen LogP contribution in [0.25, 0.3) is 0 Å². The molecular weight excluding hydrogens is 282 g/mol. The molecule has 1 unspecified atom stereocenters. The fraction of sp³-hybridized carbons (Fsp3) is 0.588. The Morgan fingerprint density at radius 3 is 2.90 bits per heavy atom.